The number of nitrogens with zero attached hydrogens (tertiary/aromatic N) is 3. The molecule has 7 heteroatoms. The molecule has 96 valence electrons. The van der Waals surface area contributed by atoms with Gasteiger partial charge in [0.2, 0.25) is 5.03 Å². The molecule has 0 saturated heterocycles. The van der Waals surface area contributed by atoms with Gasteiger partial charge in [0, 0.05) is 20.1 Å². The van der Waals surface area contributed by atoms with E-state index in [4.69, 9.17) is 11.6 Å². The standard InChI is InChI=1S/C10H16ClN3O2S/c1-13-7-12-10(9(13)11)17(15,16)14(2)8-5-3-4-6-8/h7-8H,3-6H2,1-2H3. The SMILES string of the molecule is CN(C1CCCC1)S(=O)(=O)c1ncn(C)c1Cl. The Bertz CT molecular complexity index is 506. The van der Waals surface area contributed by atoms with Gasteiger partial charge in [-0.3, -0.25) is 0 Å². The first-order chi connectivity index (χ1) is 7.94. The van der Waals surface area contributed by atoms with Gasteiger partial charge in [0.25, 0.3) is 10.0 Å². The summed E-state index contributed by atoms with van der Waals surface area (Å²) in [5.41, 5.74) is 0. The Morgan fingerprint density at radius 3 is 2.53 bits per heavy atom. The van der Waals surface area contributed by atoms with Crippen LogP contribution in [0.4, 0.5) is 0 Å². The molecule has 0 aromatic carbocycles. The molecular weight excluding hydrogens is 262 g/mol. The number of hydrogen-bond donors (Lipinski definition) is 0. The van der Waals surface area contributed by atoms with Gasteiger partial charge in [-0.1, -0.05) is 24.4 Å². The molecule has 0 radical (unpaired) electrons. The predicted octanol–water partition coefficient (Wildman–Crippen LogP) is 1.64. The van der Waals surface area contributed by atoms with Gasteiger partial charge in [-0.15, -0.1) is 0 Å². The van der Waals surface area contributed by atoms with Crippen molar-refractivity contribution in [3.63, 3.8) is 0 Å². The van der Waals surface area contributed by atoms with Crippen molar-refractivity contribution < 1.29 is 8.42 Å². The van der Waals surface area contributed by atoms with Crippen LogP contribution in [0.2, 0.25) is 5.15 Å². The fourth-order valence-electron chi connectivity index (χ4n) is 2.17. The zero-order chi connectivity index (χ0) is 12.6. The number of hydrogen-bond acceptors (Lipinski definition) is 3. The summed E-state index contributed by atoms with van der Waals surface area (Å²) in [6, 6.07) is 0.0815. The molecule has 1 aromatic rings. The van der Waals surface area contributed by atoms with Crippen LogP contribution in [-0.4, -0.2) is 35.4 Å². The molecule has 1 heterocycles. The molecule has 0 bridgehead atoms. The monoisotopic (exact) mass is 277 g/mol. The van der Waals surface area contributed by atoms with E-state index in [-0.39, 0.29) is 16.2 Å². The van der Waals surface area contributed by atoms with Gasteiger partial charge in [0.05, 0.1) is 6.33 Å². The smallest absolute Gasteiger partial charge is 0.263 e. The van der Waals surface area contributed by atoms with Crippen LogP contribution in [0.1, 0.15) is 25.7 Å². The van der Waals surface area contributed by atoms with Crippen LogP contribution in [-0.2, 0) is 17.1 Å². The van der Waals surface area contributed by atoms with Gasteiger partial charge in [-0.2, -0.15) is 4.31 Å². The van der Waals surface area contributed by atoms with Gasteiger partial charge in [-0.25, -0.2) is 13.4 Å². The number of aryl methyl sites for hydroxylation is 1. The van der Waals surface area contributed by atoms with Gasteiger partial charge >= 0.3 is 0 Å². The van der Waals surface area contributed by atoms with Crippen molar-refractivity contribution in [2.75, 3.05) is 7.05 Å². The summed E-state index contributed by atoms with van der Waals surface area (Å²) in [4.78, 5) is 3.88. The number of imidazole rings is 1. The minimum absolute atomic E-state index is 0.0453. The van der Waals surface area contributed by atoms with Gasteiger partial charge in [0.1, 0.15) is 5.15 Å². The van der Waals surface area contributed by atoms with Crippen molar-refractivity contribution in [2.45, 2.75) is 36.8 Å². The van der Waals surface area contributed by atoms with Crippen molar-refractivity contribution in [2.24, 2.45) is 7.05 Å². The number of sulfonamides is 1. The van der Waals surface area contributed by atoms with Crippen LogP contribution >= 0.6 is 11.6 Å². The molecule has 2 rings (SSSR count). The Hall–Kier alpha value is -0.590. The molecule has 1 aromatic heterocycles. The van der Waals surface area contributed by atoms with Crippen molar-refractivity contribution in [1.82, 2.24) is 13.9 Å². The molecule has 0 amide bonds. The van der Waals surface area contributed by atoms with Crippen LogP contribution in [0.5, 0.6) is 0 Å². The molecule has 0 unspecified atom stereocenters. The van der Waals surface area contributed by atoms with E-state index in [1.807, 2.05) is 0 Å². The summed E-state index contributed by atoms with van der Waals surface area (Å²) in [7, 11) is -0.285. The minimum Gasteiger partial charge on any atom is -0.324 e. The first kappa shape index (κ1) is 12.9. The molecular formula is C10H16ClN3O2S. The maximum absolute atomic E-state index is 12.3. The van der Waals surface area contributed by atoms with E-state index < -0.39 is 10.0 Å². The van der Waals surface area contributed by atoms with Crippen molar-refractivity contribution in [1.29, 1.82) is 0 Å². The van der Waals surface area contributed by atoms with E-state index in [2.05, 4.69) is 4.98 Å². The summed E-state index contributed by atoms with van der Waals surface area (Å²) < 4.78 is 27.5. The second-order valence-electron chi connectivity index (χ2n) is 4.41. The highest BCUT2D eigenvalue weighted by Crippen LogP contribution is 2.29. The summed E-state index contributed by atoms with van der Waals surface area (Å²) >= 11 is 5.94. The highest BCUT2D eigenvalue weighted by atomic mass is 35.5. The first-order valence-electron chi connectivity index (χ1n) is 5.59. The Balaban J connectivity index is 2.32. The average molecular weight is 278 g/mol. The van der Waals surface area contributed by atoms with Gasteiger partial charge in [0.15, 0.2) is 0 Å². The Kier molecular flexibility index (Phi) is 3.47. The summed E-state index contributed by atoms with van der Waals surface area (Å²) in [5, 5.41) is 0.117. The largest absolute Gasteiger partial charge is 0.324 e. The molecule has 1 saturated carbocycles. The quantitative estimate of drug-likeness (QED) is 0.844. The maximum atomic E-state index is 12.3. The number of halogens is 1. The third-order valence-electron chi connectivity index (χ3n) is 3.30. The minimum atomic E-state index is -3.56. The molecule has 1 fully saturated rings. The van der Waals surface area contributed by atoms with E-state index in [1.54, 1.807) is 14.1 Å². The van der Waals surface area contributed by atoms with E-state index in [1.165, 1.54) is 15.2 Å². The third-order valence-corrected chi connectivity index (χ3v) is 5.70. The van der Waals surface area contributed by atoms with Crippen LogP contribution < -0.4 is 0 Å². The lowest BCUT2D eigenvalue weighted by atomic mass is 10.3. The fraction of sp³-hybridized carbons (Fsp3) is 0.700. The molecule has 17 heavy (non-hydrogen) atoms. The van der Waals surface area contributed by atoms with Crippen molar-refractivity contribution in [3.8, 4) is 0 Å². The van der Waals surface area contributed by atoms with Crippen molar-refractivity contribution in [3.05, 3.63) is 11.5 Å². The zero-order valence-electron chi connectivity index (χ0n) is 9.93. The lowest BCUT2D eigenvalue weighted by Crippen LogP contribution is -2.35. The second-order valence-corrected chi connectivity index (χ2v) is 6.68. The zero-order valence-corrected chi connectivity index (χ0v) is 11.5. The molecule has 0 aliphatic heterocycles. The van der Waals surface area contributed by atoms with E-state index >= 15 is 0 Å². The summed E-state index contributed by atoms with van der Waals surface area (Å²) in [6.45, 7) is 0. The topological polar surface area (TPSA) is 55.2 Å². The maximum Gasteiger partial charge on any atom is 0.263 e. The first-order valence-corrected chi connectivity index (χ1v) is 7.41. The second kappa shape index (κ2) is 4.59. The van der Waals surface area contributed by atoms with Gasteiger partial charge < -0.3 is 4.57 Å². The van der Waals surface area contributed by atoms with E-state index in [9.17, 15) is 8.42 Å². The fourth-order valence-corrected chi connectivity index (χ4v) is 3.97. The van der Waals surface area contributed by atoms with Crippen LogP contribution in [0.3, 0.4) is 0 Å². The summed E-state index contributed by atoms with van der Waals surface area (Å²) in [6.07, 6.45) is 5.42. The molecule has 1 aliphatic rings. The highest BCUT2D eigenvalue weighted by Gasteiger charge is 2.33. The van der Waals surface area contributed by atoms with Gasteiger partial charge in [-0.05, 0) is 12.8 Å². The van der Waals surface area contributed by atoms with E-state index in [0.29, 0.717) is 0 Å². The summed E-state index contributed by atoms with van der Waals surface area (Å²) in [5.74, 6) is 0. The number of rotatable bonds is 3. The van der Waals surface area contributed by atoms with E-state index in [0.717, 1.165) is 25.7 Å². The lowest BCUT2D eigenvalue weighted by Gasteiger charge is -2.22. The molecule has 1 aliphatic carbocycles. The predicted molar refractivity (Wildman–Crippen MR) is 65.4 cm³/mol. The highest BCUT2D eigenvalue weighted by molar-refractivity contribution is 7.89. The molecule has 5 nitrogen and oxygen atoms in total. The van der Waals surface area contributed by atoms with Crippen molar-refractivity contribution >= 4 is 21.6 Å². The number of aromatic nitrogens is 2. The molecule has 0 N–H and O–H groups in total. The Labute approximate surface area is 106 Å². The van der Waals surface area contributed by atoms with Crippen LogP contribution in [0.15, 0.2) is 11.4 Å². The lowest BCUT2D eigenvalue weighted by molar-refractivity contribution is 0.372. The average Bonchev–Trinajstić information content (AvgIpc) is 2.89. The van der Waals surface area contributed by atoms with Crippen LogP contribution in [0.25, 0.3) is 0 Å². The third kappa shape index (κ3) is 2.21. The Morgan fingerprint density at radius 1 is 1.47 bits per heavy atom. The molecule has 0 atom stereocenters. The Morgan fingerprint density at radius 2 is 2.06 bits per heavy atom. The van der Waals surface area contributed by atoms with Crippen LogP contribution in [0, 0.1) is 0 Å². The molecule has 0 spiro atoms. The normalized spacial score (nSPS) is 18.1.